The van der Waals surface area contributed by atoms with Crippen molar-refractivity contribution in [2.45, 2.75) is 36.2 Å². The van der Waals surface area contributed by atoms with Crippen molar-refractivity contribution in [2.24, 2.45) is 0 Å². The number of nitrogens with zero attached hydrogens (tertiary/aromatic N) is 5. The first-order valence-corrected chi connectivity index (χ1v) is 10.3. The van der Waals surface area contributed by atoms with Crippen molar-refractivity contribution in [1.82, 2.24) is 24.7 Å². The van der Waals surface area contributed by atoms with Crippen LogP contribution in [0.1, 0.15) is 19.3 Å². The molecule has 28 heavy (non-hydrogen) atoms. The molecule has 1 saturated carbocycles. The van der Waals surface area contributed by atoms with E-state index < -0.39 is 0 Å². The van der Waals surface area contributed by atoms with Crippen LogP contribution in [0.3, 0.4) is 0 Å². The molecule has 1 fully saturated rings. The largest absolute Gasteiger partial charge is 0.367 e. The number of pyridine rings is 1. The highest BCUT2D eigenvalue weighted by Crippen LogP contribution is 2.25. The number of aromatic nitrogens is 5. The Hall–Kier alpha value is -2.94. The molecule has 3 aromatic heterocycles. The van der Waals surface area contributed by atoms with E-state index in [0.717, 1.165) is 30.0 Å². The highest BCUT2D eigenvalue weighted by atomic mass is 32.2. The summed E-state index contributed by atoms with van der Waals surface area (Å²) >= 11 is 1.63. The van der Waals surface area contributed by atoms with Gasteiger partial charge in [-0.15, -0.1) is 11.8 Å². The van der Waals surface area contributed by atoms with Gasteiger partial charge in [0, 0.05) is 41.6 Å². The first-order valence-electron chi connectivity index (χ1n) is 9.11. The molecule has 1 aliphatic rings. The van der Waals surface area contributed by atoms with Crippen LogP contribution in [0.5, 0.6) is 0 Å². The third-order valence-corrected chi connectivity index (χ3v) is 5.37. The average Bonchev–Trinajstić information content (AvgIpc) is 3.16. The zero-order chi connectivity index (χ0) is 19.3. The van der Waals surface area contributed by atoms with Crippen LogP contribution < -0.4 is 16.2 Å². The summed E-state index contributed by atoms with van der Waals surface area (Å²) in [5, 5.41) is 10.9. The molecule has 0 aromatic carbocycles. The van der Waals surface area contributed by atoms with Crippen LogP contribution in [0.4, 0.5) is 11.8 Å². The third kappa shape index (κ3) is 4.30. The molecule has 3 aromatic rings. The minimum Gasteiger partial charge on any atom is -0.367 e. The van der Waals surface area contributed by atoms with Gasteiger partial charge < -0.3 is 10.6 Å². The van der Waals surface area contributed by atoms with Gasteiger partial charge >= 0.3 is 0 Å². The Morgan fingerprint density at radius 1 is 1.04 bits per heavy atom. The van der Waals surface area contributed by atoms with E-state index >= 15 is 0 Å². The maximum absolute atomic E-state index is 11.8. The molecule has 0 spiro atoms. The van der Waals surface area contributed by atoms with E-state index in [4.69, 9.17) is 0 Å². The van der Waals surface area contributed by atoms with Gasteiger partial charge in [-0.3, -0.25) is 4.79 Å². The predicted molar refractivity (Wildman–Crippen MR) is 110 cm³/mol. The van der Waals surface area contributed by atoms with Gasteiger partial charge in [-0.25, -0.2) is 15.0 Å². The Bertz CT molecular complexity index is 975. The SMILES string of the molecule is CSc1cnc(N[C@H]2CC[C@H](Nc3ccc(-n4ncccc4=O)cn3)C2)nc1. The van der Waals surface area contributed by atoms with Gasteiger partial charge in [-0.05, 0) is 43.7 Å². The molecule has 144 valence electrons. The van der Waals surface area contributed by atoms with Gasteiger partial charge in [-0.1, -0.05) is 0 Å². The Morgan fingerprint density at radius 2 is 1.82 bits per heavy atom. The summed E-state index contributed by atoms with van der Waals surface area (Å²) < 4.78 is 1.33. The lowest BCUT2D eigenvalue weighted by Crippen LogP contribution is -2.22. The fourth-order valence-corrected chi connectivity index (χ4v) is 3.60. The molecule has 4 rings (SSSR count). The topological polar surface area (TPSA) is 97.6 Å². The second-order valence-electron chi connectivity index (χ2n) is 6.62. The van der Waals surface area contributed by atoms with Crippen LogP contribution >= 0.6 is 11.8 Å². The molecule has 8 nitrogen and oxygen atoms in total. The van der Waals surface area contributed by atoms with Gasteiger partial charge in [0.05, 0.1) is 11.9 Å². The van der Waals surface area contributed by atoms with Crippen LogP contribution in [-0.4, -0.2) is 43.1 Å². The fraction of sp³-hybridized carbons (Fsp3) is 0.316. The number of hydrogen-bond donors (Lipinski definition) is 2. The summed E-state index contributed by atoms with van der Waals surface area (Å²) in [6.07, 6.45) is 12.0. The van der Waals surface area contributed by atoms with Gasteiger partial charge in [0.1, 0.15) is 5.82 Å². The number of anilines is 2. The Balaban J connectivity index is 1.34. The van der Waals surface area contributed by atoms with Crippen molar-refractivity contribution in [3.63, 3.8) is 0 Å². The lowest BCUT2D eigenvalue weighted by molar-refractivity contribution is 0.715. The van der Waals surface area contributed by atoms with Crippen LogP contribution in [0.2, 0.25) is 0 Å². The van der Waals surface area contributed by atoms with Gasteiger partial charge in [0.2, 0.25) is 5.95 Å². The van der Waals surface area contributed by atoms with Crippen molar-refractivity contribution in [1.29, 1.82) is 0 Å². The molecule has 0 unspecified atom stereocenters. The Labute approximate surface area is 166 Å². The molecular formula is C19H21N7OS. The number of thioether (sulfide) groups is 1. The maximum Gasteiger partial charge on any atom is 0.271 e. The van der Waals surface area contributed by atoms with E-state index in [1.54, 1.807) is 30.2 Å². The molecule has 2 atom stereocenters. The van der Waals surface area contributed by atoms with Crippen molar-refractivity contribution < 1.29 is 0 Å². The molecule has 0 radical (unpaired) electrons. The monoisotopic (exact) mass is 395 g/mol. The van der Waals surface area contributed by atoms with E-state index in [9.17, 15) is 4.79 Å². The highest BCUT2D eigenvalue weighted by Gasteiger charge is 2.25. The first kappa shape index (κ1) is 18.4. The van der Waals surface area contributed by atoms with Crippen molar-refractivity contribution in [3.05, 3.63) is 59.4 Å². The second-order valence-corrected chi connectivity index (χ2v) is 7.50. The van der Waals surface area contributed by atoms with E-state index in [2.05, 4.69) is 30.7 Å². The zero-order valence-corrected chi connectivity index (χ0v) is 16.3. The van der Waals surface area contributed by atoms with Gasteiger partial charge in [0.15, 0.2) is 0 Å². The molecular weight excluding hydrogens is 374 g/mol. The van der Waals surface area contributed by atoms with E-state index in [-0.39, 0.29) is 5.56 Å². The number of rotatable bonds is 6. The normalized spacial score (nSPS) is 18.8. The van der Waals surface area contributed by atoms with E-state index in [1.165, 1.54) is 10.7 Å². The molecule has 9 heteroatoms. The van der Waals surface area contributed by atoms with E-state index in [0.29, 0.717) is 23.7 Å². The summed E-state index contributed by atoms with van der Waals surface area (Å²) in [4.78, 5) is 26.0. The molecule has 0 amide bonds. The van der Waals surface area contributed by atoms with E-state index in [1.807, 2.05) is 30.8 Å². The Kier molecular flexibility index (Phi) is 5.52. The second kappa shape index (κ2) is 8.39. The minimum atomic E-state index is -0.178. The van der Waals surface area contributed by atoms with Crippen molar-refractivity contribution in [2.75, 3.05) is 16.9 Å². The lowest BCUT2D eigenvalue weighted by Gasteiger charge is -2.15. The Morgan fingerprint density at radius 3 is 2.50 bits per heavy atom. The first-order chi connectivity index (χ1) is 13.7. The standard InChI is InChI=1S/C19H21N7OS/c1-28-16-11-21-19(22-12-16)25-14-5-4-13(9-14)24-17-7-6-15(10-20-17)26-18(27)3-2-8-23-26/h2-3,6-8,10-14H,4-5,9H2,1H3,(H,20,24)(H,21,22,25)/t13-,14-/m0/s1. The van der Waals surface area contributed by atoms with Gasteiger partial charge in [0.25, 0.3) is 5.56 Å². The average molecular weight is 395 g/mol. The van der Waals surface area contributed by atoms with Gasteiger partial charge in [-0.2, -0.15) is 9.78 Å². The third-order valence-electron chi connectivity index (χ3n) is 4.69. The van der Waals surface area contributed by atoms with Crippen molar-refractivity contribution >= 4 is 23.5 Å². The zero-order valence-electron chi connectivity index (χ0n) is 15.4. The summed E-state index contributed by atoms with van der Waals surface area (Å²) in [5.74, 6) is 1.46. The quantitative estimate of drug-likeness (QED) is 0.615. The van der Waals surface area contributed by atoms with Crippen LogP contribution in [0.15, 0.2) is 58.7 Å². The summed E-state index contributed by atoms with van der Waals surface area (Å²) in [5.41, 5.74) is 0.468. The van der Waals surface area contributed by atoms with Crippen LogP contribution in [0.25, 0.3) is 5.69 Å². The lowest BCUT2D eigenvalue weighted by atomic mass is 10.2. The molecule has 0 saturated heterocycles. The summed E-state index contributed by atoms with van der Waals surface area (Å²) in [7, 11) is 0. The van der Waals surface area contributed by atoms with Crippen molar-refractivity contribution in [3.8, 4) is 5.69 Å². The summed E-state index contributed by atoms with van der Waals surface area (Å²) in [6, 6.07) is 7.48. The number of nitrogens with one attached hydrogen (secondary N) is 2. The molecule has 0 bridgehead atoms. The molecule has 0 aliphatic heterocycles. The highest BCUT2D eigenvalue weighted by molar-refractivity contribution is 7.98. The van der Waals surface area contributed by atoms with Crippen LogP contribution in [0, 0.1) is 0 Å². The minimum absolute atomic E-state index is 0.178. The number of hydrogen-bond acceptors (Lipinski definition) is 8. The summed E-state index contributed by atoms with van der Waals surface area (Å²) in [6.45, 7) is 0. The van der Waals surface area contributed by atoms with Crippen LogP contribution in [-0.2, 0) is 0 Å². The molecule has 1 aliphatic carbocycles. The molecule has 2 N–H and O–H groups in total. The maximum atomic E-state index is 11.8. The fourth-order valence-electron chi connectivity index (χ4n) is 3.28. The smallest absolute Gasteiger partial charge is 0.271 e. The molecule has 3 heterocycles. The predicted octanol–water partition coefficient (Wildman–Crippen LogP) is 2.58.